The van der Waals surface area contributed by atoms with Gasteiger partial charge in [0, 0.05) is 23.2 Å². The summed E-state index contributed by atoms with van der Waals surface area (Å²) in [4.78, 5) is 4.56. The van der Waals surface area contributed by atoms with Crippen molar-refractivity contribution in [3.05, 3.63) is 47.4 Å². The molecule has 1 aromatic carbocycles. The number of nitrogens with zero attached hydrogens (tertiary/aromatic N) is 3. The maximum absolute atomic E-state index is 14.4. The molecule has 32 heavy (non-hydrogen) atoms. The van der Waals surface area contributed by atoms with E-state index in [4.69, 9.17) is 0 Å². The number of sulfonamides is 1. The second-order valence-electron chi connectivity index (χ2n) is 9.31. The molecule has 2 heterocycles. The molecule has 0 atom stereocenters. The van der Waals surface area contributed by atoms with Gasteiger partial charge in [0.25, 0.3) is 0 Å². The lowest BCUT2D eigenvalue weighted by molar-refractivity contribution is 0.539. The molecule has 0 radical (unpaired) electrons. The van der Waals surface area contributed by atoms with Crippen LogP contribution in [0.15, 0.2) is 35.4 Å². The van der Waals surface area contributed by atoms with Crippen molar-refractivity contribution < 1.29 is 12.8 Å². The third-order valence-corrected chi connectivity index (χ3v) is 8.38. The summed E-state index contributed by atoms with van der Waals surface area (Å²) in [6.45, 7) is 3.60. The first-order chi connectivity index (χ1) is 15.2. The summed E-state index contributed by atoms with van der Waals surface area (Å²) < 4.78 is 44.6. The van der Waals surface area contributed by atoms with Crippen molar-refractivity contribution >= 4 is 20.9 Å². The van der Waals surface area contributed by atoms with Crippen LogP contribution in [0.4, 0.5) is 4.39 Å². The first-order valence-corrected chi connectivity index (χ1v) is 12.5. The standard InChI is InChI=1S/C24H25FN4O2S/c1-15-11-22-18(12-20(15)25)19(13-26)23(29(22)16-5-3-4-6-16)21-8-7-17(14-27-21)32(30,31)28-24(2)9-10-24/h7-8,11-12,14,16,28H,3-6,9-10H2,1-2H3. The van der Waals surface area contributed by atoms with Crippen molar-refractivity contribution in [2.24, 2.45) is 0 Å². The van der Waals surface area contributed by atoms with Crippen LogP contribution in [0.2, 0.25) is 0 Å². The molecule has 0 amide bonds. The van der Waals surface area contributed by atoms with Crippen molar-refractivity contribution in [1.82, 2.24) is 14.3 Å². The number of fused-ring (bicyclic) bond motifs is 1. The molecule has 2 aliphatic carbocycles. The van der Waals surface area contributed by atoms with Gasteiger partial charge in [-0.05, 0) is 69.4 Å². The Bertz CT molecular complexity index is 1360. The summed E-state index contributed by atoms with van der Waals surface area (Å²) in [6, 6.07) is 8.85. The van der Waals surface area contributed by atoms with Crippen LogP contribution in [0.25, 0.3) is 22.3 Å². The normalized spacial score (nSPS) is 18.2. The number of nitriles is 1. The molecule has 0 spiro atoms. The Labute approximate surface area is 187 Å². The van der Waals surface area contributed by atoms with E-state index < -0.39 is 10.0 Å². The maximum atomic E-state index is 14.4. The molecule has 5 rings (SSSR count). The van der Waals surface area contributed by atoms with Crippen LogP contribution in [0.1, 0.15) is 62.6 Å². The molecular weight excluding hydrogens is 427 g/mol. The highest BCUT2D eigenvalue weighted by Crippen LogP contribution is 2.41. The SMILES string of the molecule is Cc1cc2c(cc1F)c(C#N)c(-c1ccc(S(=O)(=O)NC3(C)CC3)cn1)n2C1CCCC1. The number of hydrogen-bond acceptors (Lipinski definition) is 4. The van der Waals surface area contributed by atoms with Crippen LogP contribution < -0.4 is 4.72 Å². The predicted molar refractivity (Wildman–Crippen MR) is 120 cm³/mol. The van der Waals surface area contributed by atoms with Gasteiger partial charge >= 0.3 is 0 Å². The number of nitrogens with one attached hydrogen (secondary N) is 1. The minimum atomic E-state index is -3.67. The molecule has 2 fully saturated rings. The Hall–Kier alpha value is -2.76. The number of rotatable bonds is 5. The molecule has 6 nitrogen and oxygen atoms in total. The number of aromatic nitrogens is 2. The van der Waals surface area contributed by atoms with Gasteiger partial charge in [-0.3, -0.25) is 4.98 Å². The molecule has 2 aliphatic rings. The van der Waals surface area contributed by atoms with E-state index in [2.05, 4.69) is 20.3 Å². The molecule has 0 unspecified atom stereocenters. The highest BCUT2D eigenvalue weighted by atomic mass is 32.2. The molecule has 2 aromatic heterocycles. The Kier molecular flexibility index (Phi) is 4.88. The average molecular weight is 453 g/mol. The Morgan fingerprint density at radius 1 is 1.25 bits per heavy atom. The van der Waals surface area contributed by atoms with E-state index in [1.807, 2.05) is 6.92 Å². The number of pyridine rings is 1. The zero-order chi connectivity index (χ0) is 22.7. The predicted octanol–water partition coefficient (Wildman–Crippen LogP) is 4.97. The highest BCUT2D eigenvalue weighted by molar-refractivity contribution is 7.89. The number of halogens is 1. The summed E-state index contributed by atoms with van der Waals surface area (Å²) in [5.41, 5.74) is 2.49. The lowest BCUT2D eigenvalue weighted by Gasteiger charge is -2.18. The molecule has 166 valence electrons. The average Bonchev–Trinajstić information content (AvgIpc) is 3.15. The van der Waals surface area contributed by atoms with Gasteiger partial charge < -0.3 is 4.57 Å². The maximum Gasteiger partial charge on any atom is 0.242 e. The zero-order valence-corrected chi connectivity index (χ0v) is 19.0. The molecule has 2 saturated carbocycles. The molecule has 0 aliphatic heterocycles. The van der Waals surface area contributed by atoms with Gasteiger partial charge in [0.2, 0.25) is 10.0 Å². The minimum absolute atomic E-state index is 0.0956. The van der Waals surface area contributed by atoms with E-state index in [1.165, 1.54) is 18.3 Å². The Morgan fingerprint density at radius 3 is 2.56 bits per heavy atom. The van der Waals surface area contributed by atoms with Gasteiger partial charge in [-0.25, -0.2) is 17.5 Å². The summed E-state index contributed by atoms with van der Waals surface area (Å²) >= 11 is 0. The van der Waals surface area contributed by atoms with Crippen LogP contribution in [0.5, 0.6) is 0 Å². The fraction of sp³-hybridized carbons (Fsp3) is 0.417. The largest absolute Gasteiger partial charge is 0.335 e. The van der Waals surface area contributed by atoms with E-state index in [9.17, 15) is 18.1 Å². The van der Waals surface area contributed by atoms with Crippen molar-refractivity contribution in [3.8, 4) is 17.5 Å². The van der Waals surface area contributed by atoms with Crippen LogP contribution in [0.3, 0.4) is 0 Å². The van der Waals surface area contributed by atoms with E-state index in [0.29, 0.717) is 27.9 Å². The summed E-state index contributed by atoms with van der Waals surface area (Å²) in [6.07, 6.45) is 7.14. The number of benzene rings is 1. The van der Waals surface area contributed by atoms with Gasteiger partial charge in [-0.1, -0.05) is 12.8 Å². The van der Waals surface area contributed by atoms with Crippen molar-refractivity contribution in [2.45, 2.75) is 68.8 Å². The molecular formula is C24H25FN4O2S. The molecule has 3 aromatic rings. The van der Waals surface area contributed by atoms with Gasteiger partial charge in [0.05, 0.1) is 22.5 Å². The first-order valence-electron chi connectivity index (χ1n) is 11.0. The van der Waals surface area contributed by atoms with E-state index in [0.717, 1.165) is 44.0 Å². The smallest absolute Gasteiger partial charge is 0.242 e. The highest BCUT2D eigenvalue weighted by Gasteiger charge is 2.41. The van der Waals surface area contributed by atoms with Crippen molar-refractivity contribution in [2.75, 3.05) is 0 Å². The van der Waals surface area contributed by atoms with E-state index in [1.54, 1.807) is 19.1 Å². The van der Waals surface area contributed by atoms with Crippen LogP contribution in [-0.4, -0.2) is 23.5 Å². The van der Waals surface area contributed by atoms with E-state index in [-0.39, 0.29) is 22.3 Å². The van der Waals surface area contributed by atoms with Crippen LogP contribution in [0, 0.1) is 24.1 Å². The molecule has 0 bridgehead atoms. The van der Waals surface area contributed by atoms with Crippen molar-refractivity contribution in [1.29, 1.82) is 5.26 Å². The van der Waals surface area contributed by atoms with Crippen LogP contribution >= 0.6 is 0 Å². The first kappa shape index (κ1) is 21.1. The minimum Gasteiger partial charge on any atom is -0.335 e. The third-order valence-electron chi connectivity index (χ3n) is 6.76. The molecule has 8 heteroatoms. The monoisotopic (exact) mass is 452 g/mol. The Morgan fingerprint density at radius 2 is 1.97 bits per heavy atom. The number of aryl methyl sites for hydroxylation is 1. The molecule has 0 saturated heterocycles. The summed E-state index contributed by atoms with van der Waals surface area (Å²) in [5, 5.41) is 10.6. The lowest BCUT2D eigenvalue weighted by Crippen LogP contribution is -2.34. The fourth-order valence-corrected chi connectivity index (χ4v) is 6.10. The van der Waals surface area contributed by atoms with Gasteiger partial charge in [0.15, 0.2) is 0 Å². The summed E-state index contributed by atoms with van der Waals surface area (Å²) in [7, 11) is -3.67. The summed E-state index contributed by atoms with van der Waals surface area (Å²) in [5.74, 6) is -0.349. The second-order valence-corrected chi connectivity index (χ2v) is 11.0. The number of hydrogen-bond donors (Lipinski definition) is 1. The van der Waals surface area contributed by atoms with Gasteiger partial charge in [-0.15, -0.1) is 0 Å². The zero-order valence-electron chi connectivity index (χ0n) is 18.2. The Balaban J connectivity index is 1.66. The van der Waals surface area contributed by atoms with Gasteiger partial charge in [-0.2, -0.15) is 5.26 Å². The fourth-order valence-electron chi connectivity index (χ4n) is 4.69. The van der Waals surface area contributed by atoms with Crippen LogP contribution in [-0.2, 0) is 10.0 Å². The topological polar surface area (TPSA) is 87.8 Å². The lowest BCUT2D eigenvalue weighted by atomic mass is 10.1. The quantitative estimate of drug-likeness (QED) is 0.592. The second kappa shape index (κ2) is 7.39. The third kappa shape index (κ3) is 3.50. The molecule has 1 N–H and O–H groups in total. The van der Waals surface area contributed by atoms with Crippen molar-refractivity contribution in [3.63, 3.8) is 0 Å². The van der Waals surface area contributed by atoms with Gasteiger partial charge in [0.1, 0.15) is 16.8 Å². The van der Waals surface area contributed by atoms with E-state index >= 15 is 0 Å².